The lowest BCUT2D eigenvalue weighted by Gasteiger charge is -2.42. The Hall–Kier alpha value is -0.120. The molecule has 3 nitrogen and oxygen atoms in total. The Morgan fingerprint density at radius 1 is 1.16 bits per heavy atom. The summed E-state index contributed by atoms with van der Waals surface area (Å²) < 4.78 is 0. The molecule has 2 aliphatic rings. The van der Waals surface area contributed by atoms with Crippen LogP contribution in [0.5, 0.6) is 0 Å². The molecule has 1 aliphatic carbocycles. The molecule has 0 aromatic carbocycles. The molecule has 3 heteroatoms. The third-order valence-corrected chi connectivity index (χ3v) is 5.44. The van der Waals surface area contributed by atoms with Gasteiger partial charge in [0.1, 0.15) is 0 Å². The predicted octanol–water partition coefficient (Wildman–Crippen LogP) is 2.23. The van der Waals surface area contributed by atoms with Crippen molar-refractivity contribution in [1.82, 2.24) is 15.5 Å². The number of nitrogens with one attached hydrogen (secondary N) is 2. The maximum Gasteiger partial charge on any atom is 0.0278 e. The first-order valence-electron chi connectivity index (χ1n) is 8.25. The molecule has 2 N–H and O–H groups in total. The second-order valence-electron chi connectivity index (χ2n) is 7.21. The molecule has 0 radical (unpaired) electrons. The fourth-order valence-corrected chi connectivity index (χ4v) is 3.80. The van der Waals surface area contributed by atoms with Gasteiger partial charge in [-0.05, 0) is 38.5 Å². The van der Waals surface area contributed by atoms with Gasteiger partial charge in [0.25, 0.3) is 0 Å². The molecule has 1 saturated carbocycles. The topological polar surface area (TPSA) is 27.3 Å². The predicted molar refractivity (Wildman–Crippen MR) is 82.6 cm³/mol. The van der Waals surface area contributed by atoms with E-state index in [0.717, 1.165) is 19.6 Å². The molecule has 112 valence electrons. The molecule has 1 saturated heterocycles. The van der Waals surface area contributed by atoms with E-state index in [0.29, 0.717) is 5.41 Å². The third kappa shape index (κ3) is 3.93. The van der Waals surface area contributed by atoms with E-state index in [1.54, 1.807) is 0 Å². The van der Waals surface area contributed by atoms with Crippen molar-refractivity contribution < 1.29 is 0 Å². The number of hydrogen-bond donors (Lipinski definition) is 2. The lowest BCUT2D eigenvalue weighted by molar-refractivity contribution is 0.0979. The minimum Gasteiger partial charge on any atom is -0.314 e. The summed E-state index contributed by atoms with van der Waals surface area (Å²) in [7, 11) is 0. The van der Waals surface area contributed by atoms with Crippen LogP contribution in [0, 0.1) is 5.41 Å². The highest BCUT2D eigenvalue weighted by molar-refractivity contribution is 4.90. The van der Waals surface area contributed by atoms with E-state index >= 15 is 0 Å². The van der Waals surface area contributed by atoms with E-state index in [4.69, 9.17) is 0 Å². The van der Waals surface area contributed by atoms with Crippen LogP contribution in [0.1, 0.15) is 52.9 Å². The summed E-state index contributed by atoms with van der Waals surface area (Å²) in [6.07, 6.45) is 7.09. The minimum atomic E-state index is 0.287. The van der Waals surface area contributed by atoms with Crippen molar-refractivity contribution in [3.8, 4) is 0 Å². The number of nitrogens with zero attached hydrogens (tertiary/aromatic N) is 1. The maximum atomic E-state index is 3.79. The molecule has 2 fully saturated rings. The highest BCUT2D eigenvalue weighted by Crippen LogP contribution is 2.40. The van der Waals surface area contributed by atoms with Gasteiger partial charge in [-0.25, -0.2) is 0 Å². The van der Waals surface area contributed by atoms with Crippen molar-refractivity contribution in [1.29, 1.82) is 0 Å². The zero-order chi connectivity index (χ0) is 13.8. The summed E-state index contributed by atoms with van der Waals surface area (Å²) >= 11 is 0. The lowest BCUT2D eigenvalue weighted by atomic mass is 9.83. The van der Waals surface area contributed by atoms with E-state index in [1.165, 1.54) is 51.7 Å². The Morgan fingerprint density at radius 2 is 1.79 bits per heavy atom. The summed E-state index contributed by atoms with van der Waals surface area (Å²) in [5.41, 5.74) is 0.898. The highest BCUT2D eigenvalue weighted by atomic mass is 15.2. The zero-order valence-corrected chi connectivity index (χ0v) is 13.2. The quantitative estimate of drug-likeness (QED) is 0.773. The Balaban J connectivity index is 1.77. The summed E-state index contributed by atoms with van der Waals surface area (Å²) in [5.74, 6) is 0. The second-order valence-corrected chi connectivity index (χ2v) is 7.21. The second kappa shape index (κ2) is 6.55. The average molecular weight is 267 g/mol. The van der Waals surface area contributed by atoms with E-state index in [1.807, 2.05) is 0 Å². The van der Waals surface area contributed by atoms with Crippen LogP contribution in [-0.2, 0) is 0 Å². The Bertz CT molecular complexity index is 263. The molecule has 0 aromatic rings. The van der Waals surface area contributed by atoms with Gasteiger partial charge < -0.3 is 10.6 Å². The van der Waals surface area contributed by atoms with Gasteiger partial charge in [-0.1, -0.05) is 19.8 Å². The van der Waals surface area contributed by atoms with Gasteiger partial charge in [0.05, 0.1) is 0 Å². The summed E-state index contributed by atoms with van der Waals surface area (Å²) in [6.45, 7) is 14.1. The molecule has 2 rings (SSSR count). The molecule has 1 aliphatic heterocycles. The monoisotopic (exact) mass is 267 g/mol. The fourth-order valence-electron chi connectivity index (χ4n) is 3.80. The molecular formula is C16H33N3. The molecule has 0 aromatic heterocycles. The first kappa shape index (κ1) is 15.3. The Labute approximate surface area is 119 Å². The van der Waals surface area contributed by atoms with E-state index in [9.17, 15) is 0 Å². The smallest absolute Gasteiger partial charge is 0.0278 e. The molecule has 0 unspecified atom stereocenters. The van der Waals surface area contributed by atoms with Gasteiger partial charge in [0.2, 0.25) is 0 Å². The van der Waals surface area contributed by atoms with Crippen molar-refractivity contribution in [2.75, 3.05) is 39.3 Å². The number of rotatable bonds is 6. The Morgan fingerprint density at radius 3 is 2.37 bits per heavy atom. The van der Waals surface area contributed by atoms with Gasteiger partial charge in [-0.15, -0.1) is 0 Å². The number of piperazine rings is 1. The molecule has 0 atom stereocenters. The molecule has 0 bridgehead atoms. The summed E-state index contributed by atoms with van der Waals surface area (Å²) in [4.78, 5) is 2.63. The molecular weight excluding hydrogens is 234 g/mol. The van der Waals surface area contributed by atoms with Crippen LogP contribution in [0.2, 0.25) is 0 Å². The SMILES string of the molecule is CCC1(CNCC(C)(C)N2CCNCC2)CCCC1. The van der Waals surface area contributed by atoms with Crippen molar-refractivity contribution in [2.24, 2.45) is 5.41 Å². The van der Waals surface area contributed by atoms with Crippen LogP contribution >= 0.6 is 0 Å². The molecule has 0 amide bonds. The van der Waals surface area contributed by atoms with Gasteiger partial charge in [0.15, 0.2) is 0 Å². The zero-order valence-electron chi connectivity index (χ0n) is 13.2. The van der Waals surface area contributed by atoms with Gasteiger partial charge in [0, 0.05) is 44.8 Å². The third-order valence-electron chi connectivity index (χ3n) is 5.44. The van der Waals surface area contributed by atoms with Crippen LogP contribution in [0.15, 0.2) is 0 Å². The summed E-state index contributed by atoms with van der Waals surface area (Å²) in [6, 6.07) is 0. The fraction of sp³-hybridized carbons (Fsp3) is 1.00. The summed E-state index contributed by atoms with van der Waals surface area (Å²) in [5, 5.41) is 7.24. The van der Waals surface area contributed by atoms with Crippen LogP contribution in [0.4, 0.5) is 0 Å². The van der Waals surface area contributed by atoms with Gasteiger partial charge >= 0.3 is 0 Å². The van der Waals surface area contributed by atoms with Crippen LogP contribution < -0.4 is 10.6 Å². The largest absolute Gasteiger partial charge is 0.314 e. The molecule has 1 heterocycles. The Kier molecular flexibility index (Phi) is 5.27. The van der Waals surface area contributed by atoms with Crippen LogP contribution in [0.3, 0.4) is 0 Å². The van der Waals surface area contributed by atoms with Crippen LogP contribution in [-0.4, -0.2) is 49.7 Å². The standard InChI is InChI=1S/C16H33N3/c1-4-16(7-5-6-8-16)14-18-13-15(2,3)19-11-9-17-10-12-19/h17-18H,4-14H2,1-3H3. The van der Waals surface area contributed by atoms with E-state index in [2.05, 4.69) is 36.3 Å². The van der Waals surface area contributed by atoms with Crippen molar-refractivity contribution >= 4 is 0 Å². The normalized spacial score (nSPS) is 24.8. The molecule has 19 heavy (non-hydrogen) atoms. The van der Waals surface area contributed by atoms with Crippen molar-refractivity contribution in [3.63, 3.8) is 0 Å². The van der Waals surface area contributed by atoms with Crippen molar-refractivity contribution in [3.05, 3.63) is 0 Å². The van der Waals surface area contributed by atoms with E-state index in [-0.39, 0.29) is 5.54 Å². The highest BCUT2D eigenvalue weighted by Gasteiger charge is 2.33. The van der Waals surface area contributed by atoms with Crippen LogP contribution in [0.25, 0.3) is 0 Å². The minimum absolute atomic E-state index is 0.287. The lowest BCUT2D eigenvalue weighted by Crippen LogP contribution is -2.57. The first-order chi connectivity index (χ1) is 9.08. The van der Waals surface area contributed by atoms with Crippen molar-refractivity contribution in [2.45, 2.75) is 58.4 Å². The van der Waals surface area contributed by atoms with Gasteiger partial charge in [-0.2, -0.15) is 0 Å². The van der Waals surface area contributed by atoms with Gasteiger partial charge in [-0.3, -0.25) is 4.90 Å². The number of hydrogen-bond acceptors (Lipinski definition) is 3. The first-order valence-corrected chi connectivity index (χ1v) is 8.25. The van der Waals surface area contributed by atoms with E-state index < -0.39 is 0 Å². The maximum absolute atomic E-state index is 3.79. The average Bonchev–Trinajstić information content (AvgIpc) is 2.89. The molecule has 0 spiro atoms.